The first-order valence-corrected chi connectivity index (χ1v) is 10.4. The highest BCUT2D eigenvalue weighted by Crippen LogP contribution is 2.26. The molecule has 32 heavy (non-hydrogen) atoms. The summed E-state index contributed by atoms with van der Waals surface area (Å²) in [7, 11) is 0. The summed E-state index contributed by atoms with van der Waals surface area (Å²) in [4.78, 5) is 41.9. The van der Waals surface area contributed by atoms with E-state index in [9.17, 15) is 14.4 Å². The number of pyridine rings is 1. The Kier molecular flexibility index (Phi) is 5.96. The van der Waals surface area contributed by atoms with Crippen LogP contribution in [-0.2, 0) is 16.1 Å². The molecule has 4 rings (SSSR count). The number of aromatic nitrogens is 1. The van der Waals surface area contributed by atoms with Crippen LogP contribution < -0.4 is 15.5 Å². The second-order valence-corrected chi connectivity index (χ2v) is 7.95. The maximum atomic E-state index is 12.2. The van der Waals surface area contributed by atoms with Gasteiger partial charge >= 0.3 is 12.1 Å². The Bertz CT molecular complexity index is 1240. The predicted octanol–water partition coefficient (Wildman–Crippen LogP) is 4.70. The van der Waals surface area contributed by atoms with E-state index in [4.69, 9.17) is 16.3 Å². The number of fused-ring (bicyclic) bond motifs is 1. The Hall–Kier alpha value is -3.65. The lowest BCUT2D eigenvalue weighted by molar-refractivity contribution is -0.120. The van der Waals surface area contributed by atoms with Gasteiger partial charge in [-0.1, -0.05) is 23.7 Å². The van der Waals surface area contributed by atoms with Crippen molar-refractivity contribution in [3.8, 4) is 0 Å². The van der Waals surface area contributed by atoms with Crippen molar-refractivity contribution in [2.75, 3.05) is 16.8 Å². The fourth-order valence-corrected chi connectivity index (χ4v) is 3.62. The van der Waals surface area contributed by atoms with Crippen molar-refractivity contribution in [3.63, 3.8) is 0 Å². The van der Waals surface area contributed by atoms with Gasteiger partial charge < -0.3 is 4.74 Å². The monoisotopic (exact) mass is 452 g/mol. The lowest BCUT2D eigenvalue weighted by Crippen LogP contribution is -2.49. The topological polar surface area (TPSA) is 101 Å². The molecule has 9 heteroatoms. The molecule has 1 fully saturated rings. The van der Waals surface area contributed by atoms with Gasteiger partial charge in [-0.15, -0.1) is 0 Å². The standard InChI is InChI=1S/C23H21ClN4O4/c1-13-3-5-17(11-18(13)24)26-23(31)32-12-15-4-6-19-16(9-15)10-20(14(2)25-19)28-8-7-21(29)27-22(28)30/h3-6,9-11H,7-8,12H2,1-2H3,(H,26,31)(H,27,29,30). The second-order valence-electron chi connectivity index (χ2n) is 7.54. The molecule has 0 unspecified atom stereocenters. The molecule has 2 heterocycles. The lowest BCUT2D eigenvalue weighted by Gasteiger charge is -2.27. The zero-order chi connectivity index (χ0) is 22.8. The summed E-state index contributed by atoms with van der Waals surface area (Å²) in [5.74, 6) is -0.289. The number of hydrogen-bond donors (Lipinski definition) is 2. The Labute approximate surface area is 189 Å². The first-order chi connectivity index (χ1) is 15.3. The van der Waals surface area contributed by atoms with Gasteiger partial charge in [-0.25, -0.2) is 9.59 Å². The number of aryl methyl sites for hydroxylation is 2. The fraction of sp³-hybridized carbons (Fsp3) is 0.217. The smallest absolute Gasteiger partial charge is 0.411 e. The molecule has 0 atom stereocenters. The van der Waals surface area contributed by atoms with E-state index in [1.807, 2.05) is 44.2 Å². The highest BCUT2D eigenvalue weighted by atomic mass is 35.5. The van der Waals surface area contributed by atoms with Gasteiger partial charge in [0.1, 0.15) is 6.61 Å². The van der Waals surface area contributed by atoms with Gasteiger partial charge in [0.15, 0.2) is 0 Å². The van der Waals surface area contributed by atoms with E-state index in [0.29, 0.717) is 28.6 Å². The third kappa shape index (κ3) is 4.65. The summed E-state index contributed by atoms with van der Waals surface area (Å²) in [6, 6.07) is 12.1. The average Bonchev–Trinajstić information content (AvgIpc) is 2.75. The summed E-state index contributed by atoms with van der Waals surface area (Å²) < 4.78 is 5.32. The molecule has 0 saturated carbocycles. The van der Waals surface area contributed by atoms with Gasteiger partial charge in [-0.05, 0) is 55.3 Å². The largest absolute Gasteiger partial charge is 0.444 e. The normalized spacial score (nSPS) is 13.8. The number of rotatable bonds is 4. The Morgan fingerprint density at radius 3 is 2.75 bits per heavy atom. The first kappa shape index (κ1) is 21.6. The van der Waals surface area contributed by atoms with Crippen LogP contribution in [0.3, 0.4) is 0 Å². The van der Waals surface area contributed by atoms with Gasteiger partial charge in [0.25, 0.3) is 0 Å². The molecule has 1 aliphatic heterocycles. The van der Waals surface area contributed by atoms with Crippen molar-refractivity contribution in [3.05, 3.63) is 64.3 Å². The second kappa shape index (κ2) is 8.84. The number of ether oxygens (including phenoxy) is 1. The quantitative estimate of drug-likeness (QED) is 0.597. The predicted molar refractivity (Wildman–Crippen MR) is 122 cm³/mol. The number of imide groups is 1. The van der Waals surface area contributed by atoms with Crippen LogP contribution in [0.1, 0.15) is 23.2 Å². The van der Waals surface area contributed by atoms with Crippen molar-refractivity contribution in [1.29, 1.82) is 0 Å². The zero-order valence-corrected chi connectivity index (χ0v) is 18.3. The molecule has 3 aromatic rings. The molecule has 0 aliphatic carbocycles. The van der Waals surface area contributed by atoms with Crippen molar-refractivity contribution < 1.29 is 19.1 Å². The van der Waals surface area contributed by atoms with Crippen molar-refractivity contribution in [2.24, 2.45) is 0 Å². The molecule has 1 aliphatic rings. The number of nitrogens with one attached hydrogen (secondary N) is 2. The lowest BCUT2D eigenvalue weighted by atomic mass is 10.1. The Morgan fingerprint density at radius 2 is 2.00 bits per heavy atom. The van der Waals surface area contributed by atoms with Crippen LogP contribution in [0.4, 0.5) is 21.0 Å². The van der Waals surface area contributed by atoms with Gasteiger partial charge in [0, 0.05) is 29.1 Å². The molecule has 164 valence electrons. The highest BCUT2D eigenvalue weighted by molar-refractivity contribution is 6.31. The average molecular weight is 453 g/mol. The van der Waals surface area contributed by atoms with E-state index < -0.39 is 12.1 Å². The van der Waals surface area contributed by atoms with Gasteiger partial charge in [0.05, 0.1) is 16.9 Å². The molecule has 4 amide bonds. The number of amides is 4. The van der Waals surface area contributed by atoms with Gasteiger partial charge in [-0.3, -0.25) is 25.3 Å². The minimum atomic E-state index is -0.595. The van der Waals surface area contributed by atoms with E-state index in [-0.39, 0.29) is 18.9 Å². The fourth-order valence-electron chi connectivity index (χ4n) is 3.44. The van der Waals surface area contributed by atoms with Crippen molar-refractivity contribution >= 4 is 51.9 Å². The highest BCUT2D eigenvalue weighted by Gasteiger charge is 2.26. The summed E-state index contributed by atoms with van der Waals surface area (Å²) in [6.07, 6.45) is -0.360. The number of carbonyl (C=O) groups excluding carboxylic acids is 3. The van der Waals surface area contributed by atoms with E-state index in [1.165, 1.54) is 4.90 Å². The van der Waals surface area contributed by atoms with E-state index in [1.54, 1.807) is 12.1 Å². The summed E-state index contributed by atoms with van der Waals surface area (Å²) in [5, 5.41) is 6.32. The molecule has 0 spiro atoms. The Morgan fingerprint density at radius 1 is 1.19 bits per heavy atom. The van der Waals surface area contributed by atoms with E-state index in [0.717, 1.165) is 22.0 Å². The van der Waals surface area contributed by atoms with Crippen LogP contribution in [0.2, 0.25) is 5.02 Å². The minimum absolute atomic E-state index is 0.0588. The molecule has 1 saturated heterocycles. The summed E-state index contributed by atoms with van der Waals surface area (Å²) in [5.41, 5.74) is 4.30. The Balaban J connectivity index is 1.48. The molecule has 2 aromatic carbocycles. The van der Waals surface area contributed by atoms with Gasteiger partial charge in [0.2, 0.25) is 5.91 Å². The van der Waals surface area contributed by atoms with Crippen LogP contribution in [0.5, 0.6) is 0 Å². The van der Waals surface area contributed by atoms with Crippen LogP contribution in [0, 0.1) is 13.8 Å². The number of hydrogen-bond acceptors (Lipinski definition) is 5. The molecule has 2 N–H and O–H groups in total. The number of urea groups is 1. The summed E-state index contributed by atoms with van der Waals surface area (Å²) >= 11 is 6.08. The van der Waals surface area contributed by atoms with Crippen LogP contribution >= 0.6 is 11.6 Å². The molecular formula is C23H21ClN4O4. The number of benzene rings is 2. The first-order valence-electron chi connectivity index (χ1n) is 10.0. The molecule has 8 nitrogen and oxygen atoms in total. The SMILES string of the molecule is Cc1ccc(NC(=O)OCc2ccc3nc(C)c(N4CCC(=O)NC4=O)cc3c2)cc1Cl. The molecule has 1 aromatic heterocycles. The maximum Gasteiger partial charge on any atom is 0.411 e. The van der Waals surface area contributed by atoms with E-state index in [2.05, 4.69) is 15.6 Å². The van der Waals surface area contributed by atoms with Crippen LogP contribution in [-0.4, -0.2) is 29.6 Å². The molecular weight excluding hydrogens is 432 g/mol. The van der Waals surface area contributed by atoms with Crippen molar-refractivity contribution in [1.82, 2.24) is 10.3 Å². The van der Waals surface area contributed by atoms with E-state index >= 15 is 0 Å². The zero-order valence-electron chi connectivity index (χ0n) is 17.6. The minimum Gasteiger partial charge on any atom is -0.444 e. The third-order valence-electron chi connectivity index (χ3n) is 5.18. The molecule has 0 radical (unpaired) electrons. The maximum absolute atomic E-state index is 12.2. The van der Waals surface area contributed by atoms with Crippen LogP contribution in [0.25, 0.3) is 10.9 Å². The third-order valence-corrected chi connectivity index (χ3v) is 5.58. The number of carbonyl (C=O) groups is 3. The molecule has 0 bridgehead atoms. The van der Waals surface area contributed by atoms with Crippen LogP contribution in [0.15, 0.2) is 42.5 Å². The van der Waals surface area contributed by atoms with Crippen molar-refractivity contribution in [2.45, 2.75) is 26.9 Å². The summed E-state index contributed by atoms with van der Waals surface area (Å²) in [6.45, 7) is 4.05. The number of halogens is 1. The van der Waals surface area contributed by atoms with Gasteiger partial charge in [-0.2, -0.15) is 0 Å². The number of anilines is 2. The number of nitrogens with zero attached hydrogens (tertiary/aromatic N) is 2.